The lowest BCUT2D eigenvalue weighted by molar-refractivity contribution is 0.101. The SMILES string of the molecule is CCn1cc(Br)cc1C(=O)Nc1ccc(Br)nc1. The standard InChI is InChI=1S/C12H11Br2N3O/c1-2-17-7-8(13)5-10(17)12(18)16-9-3-4-11(14)15-6-9/h3-7H,2H2,1H3,(H,16,18). The van der Waals surface area contributed by atoms with E-state index in [1.165, 1.54) is 0 Å². The normalized spacial score (nSPS) is 10.4. The molecule has 0 aromatic carbocycles. The molecule has 2 rings (SSSR count). The van der Waals surface area contributed by atoms with Gasteiger partial charge < -0.3 is 9.88 Å². The second-order valence-corrected chi connectivity index (χ2v) is 5.38. The summed E-state index contributed by atoms with van der Waals surface area (Å²) < 4.78 is 3.51. The molecule has 0 saturated carbocycles. The Balaban J connectivity index is 2.19. The fourth-order valence-electron chi connectivity index (χ4n) is 1.57. The molecule has 94 valence electrons. The van der Waals surface area contributed by atoms with E-state index in [4.69, 9.17) is 0 Å². The Morgan fingerprint density at radius 3 is 2.83 bits per heavy atom. The minimum absolute atomic E-state index is 0.147. The number of halogens is 2. The first-order valence-electron chi connectivity index (χ1n) is 5.38. The Kier molecular flexibility index (Phi) is 4.19. The predicted molar refractivity (Wildman–Crippen MR) is 77.7 cm³/mol. The molecule has 2 heterocycles. The van der Waals surface area contributed by atoms with E-state index < -0.39 is 0 Å². The van der Waals surface area contributed by atoms with E-state index in [-0.39, 0.29) is 5.91 Å². The third-order valence-corrected chi connectivity index (χ3v) is 3.32. The largest absolute Gasteiger partial charge is 0.343 e. The zero-order chi connectivity index (χ0) is 13.1. The van der Waals surface area contributed by atoms with Gasteiger partial charge in [0.2, 0.25) is 0 Å². The van der Waals surface area contributed by atoms with E-state index in [2.05, 4.69) is 42.2 Å². The zero-order valence-electron chi connectivity index (χ0n) is 9.65. The fourth-order valence-corrected chi connectivity index (χ4v) is 2.27. The molecule has 1 amide bonds. The topological polar surface area (TPSA) is 46.9 Å². The number of rotatable bonds is 3. The van der Waals surface area contributed by atoms with Crippen molar-refractivity contribution >= 4 is 43.5 Å². The summed E-state index contributed by atoms with van der Waals surface area (Å²) in [5.74, 6) is -0.147. The summed E-state index contributed by atoms with van der Waals surface area (Å²) in [6.45, 7) is 2.73. The van der Waals surface area contributed by atoms with Crippen LogP contribution in [0.5, 0.6) is 0 Å². The van der Waals surface area contributed by atoms with Crippen LogP contribution >= 0.6 is 31.9 Å². The van der Waals surface area contributed by atoms with Gasteiger partial charge in [-0.25, -0.2) is 4.98 Å². The van der Waals surface area contributed by atoms with Gasteiger partial charge in [0.05, 0.1) is 11.9 Å². The second-order valence-electron chi connectivity index (χ2n) is 3.65. The van der Waals surface area contributed by atoms with Crippen molar-refractivity contribution in [3.05, 3.63) is 45.4 Å². The van der Waals surface area contributed by atoms with Crippen molar-refractivity contribution < 1.29 is 4.79 Å². The van der Waals surface area contributed by atoms with E-state index >= 15 is 0 Å². The van der Waals surface area contributed by atoms with Crippen LogP contribution in [-0.2, 0) is 6.54 Å². The molecule has 0 fully saturated rings. The molecule has 0 aliphatic rings. The molecular formula is C12H11Br2N3O. The summed E-state index contributed by atoms with van der Waals surface area (Å²) in [6.07, 6.45) is 3.49. The molecule has 18 heavy (non-hydrogen) atoms. The van der Waals surface area contributed by atoms with E-state index in [0.717, 1.165) is 15.6 Å². The Morgan fingerprint density at radius 1 is 1.44 bits per heavy atom. The minimum Gasteiger partial charge on any atom is -0.343 e. The molecule has 0 saturated heterocycles. The number of pyridine rings is 1. The highest BCUT2D eigenvalue weighted by molar-refractivity contribution is 9.10. The lowest BCUT2D eigenvalue weighted by Crippen LogP contribution is -2.16. The van der Waals surface area contributed by atoms with Gasteiger partial charge in [-0.1, -0.05) is 0 Å². The van der Waals surface area contributed by atoms with Crippen molar-refractivity contribution in [1.29, 1.82) is 0 Å². The third kappa shape index (κ3) is 3.00. The second kappa shape index (κ2) is 5.67. The van der Waals surface area contributed by atoms with Crippen LogP contribution in [0.2, 0.25) is 0 Å². The molecule has 0 unspecified atom stereocenters. The number of aryl methyl sites for hydroxylation is 1. The van der Waals surface area contributed by atoms with Gasteiger partial charge in [0.1, 0.15) is 10.3 Å². The molecular weight excluding hydrogens is 362 g/mol. The van der Waals surface area contributed by atoms with Crippen LogP contribution in [0, 0.1) is 0 Å². The first-order chi connectivity index (χ1) is 8.60. The number of carbonyl (C=O) groups is 1. The fraction of sp³-hybridized carbons (Fsp3) is 0.167. The van der Waals surface area contributed by atoms with Crippen molar-refractivity contribution in [2.24, 2.45) is 0 Å². The van der Waals surface area contributed by atoms with E-state index in [1.807, 2.05) is 17.7 Å². The molecule has 0 atom stereocenters. The maximum absolute atomic E-state index is 12.1. The van der Waals surface area contributed by atoms with Crippen molar-refractivity contribution in [2.75, 3.05) is 5.32 Å². The van der Waals surface area contributed by atoms with Gasteiger partial charge in [-0.3, -0.25) is 4.79 Å². The number of aromatic nitrogens is 2. The van der Waals surface area contributed by atoms with Gasteiger partial charge in [-0.05, 0) is 57.0 Å². The molecule has 2 aromatic heterocycles. The van der Waals surface area contributed by atoms with Gasteiger partial charge in [0.15, 0.2) is 0 Å². The van der Waals surface area contributed by atoms with Gasteiger partial charge in [0.25, 0.3) is 5.91 Å². The highest BCUT2D eigenvalue weighted by atomic mass is 79.9. The van der Waals surface area contributed by atoms with E-state index in [0.29, 0.717) is 11.4 Å². The highest BCUT2D eigenvalue weighted by Crippen LogP contribution is 2.17. The summed E-state index contributed by atoms with van der Waals surface area (Å²) in [5.41, 5.74) is 1.29. The molecule has 0 spiro atoms. The van der Waals surface area contributed by atoms with Crippen LogP contribution in [0.4, 0.5) is 5.69 Å². The van der Waals surface area contributed by atoms with Crippen molar-refractivity contribution in [2.45, 2.75) is 13.5 Å². The Labute approximate surface area is 122 Å². The summed E-state index contributed by atoms with van der Waals surface area (Å²) >= 11 is 6.62. The van der Waals surface area contributed by atoms with Crippen LogP contribution in [0.1, 0.15) is 17.4 Å². The number of nitrogens with zero attached hydrogens (tertiary/aromatic N) is 2. The number of hydrogen-bond donors (Lipinski definition) is 1. The van der Waals surface area contributed by atoms with Crippen LogP contribution in [0.15, 0.2) is 39.7 Å². The summed E-state index contributed by atoms with van der Waals surface area (Å²) in [7, 11) is 0. The Hall–Kier alpha value is -1.14. The number of amides is 1. The van der Waals surface area contributed by atoms with Crippen molar-refractivity contribution in [3.63, 3.8) is 0 Å². The average Bonchev–Trinajstić information content (AvgIpc) is 2.73. The quantitative estimate of drug-likeness (QED) is 0.835. The van der Waals surface area contributed by atoms with Crippen molar-refractivity contribution in [3.8, 4) is 0 Å². The number of anilines is 1. The third-order valence-electron chi connectivity index (χ3n) is 2.42. The molecule has 2 aromatic rings. The predicted octanol–water partition coefficient (Wildman–Crippen LogP) is 3.68. The monoisotopic (exact) mass is 371 g/mol. The lowest BCUT2D eigenvalue weighted by atomic mass is 10.3. The maximum atomic E-state index is 12.1. The van der Waals surface area contributed by atoms with Gasteiger partial charge >= 0.3 is 0 Å². The zero-order valence-corrected chi connectivity index (χ0v) is 12.8. The van der Waals surface area contributed by atoms with Crippen LogP contribution in [0.25, 0.3) is 0 Å². The molecule has 1 N–H and O–H groups in total. The molecule has 0 bridgehead atoms. The first-order valence-corrected chi connectivity index (χ1v) is 6.97. The van der Waals surface area contributed by atoms with Gasteiger partial charge in [0, 0.05) is 17.2 Å². The lowest BCUT2D eigenvalue weighted by Gasteiger charge is -2.07. The maximum Gasteiger partial charge on any atom is 0.272 e. The van der Waals surface area contributed by atoms with E-state index in [9.17, 15) is 4.79 Å². The van der Waals surface area contributed by atoms with Crippen LogP contribution in [0.3, 0.4) is 0 Å². The average molecular weight is 373 g/mol. The number of nitrogens with one attached hydrogen (secondary N) is 1. The molecule has 0 aliphatic heterocycles. The summed E-state index contributed by atoms with van der Waals surface area (Å²) in [5, 5.41) is 2.81. The smallest absolute Gasteiger partial charge is 0.272 e. The minimum atomic E-state index is -0.147. The molecule has 6 heteroatoms. The number of carbonyl (C=O) groups excluding carboxylic acids is 1. The summed E-state index contributed by atoms with van der Waals surface area (Å²) in [6, 6.07) is 5.37. The summed E-state index contributed by atoms with van der Waals surface area (Å²) in [4.78, 5) is 16.2. The highest BCUT2D eigenvalue weighted by Gasteiger charge is 2.12. The number of hydrogen-bond acceptors (Lipinski definition) is 2. The van der Waals surface area contributed by atoms with Gasteiger partial charge in [-0.2, -0.15) is 0 Å². The molecule has 4 nitrogen and oxygen atoms in total. The molecule has 0 aliphatic carbocycles. The van der Waals surface area contributed by atoms with Crippen molar-refractivity contribution in [1.82, 2.24) is 9.55 Å². The Morgan fingerprint density at radius 2 is 2.22 bits per heavy atom. The molecule has 0 radical (unpaired) electrons. The van der Waals surface area contributed by atoms with Crippen LogP contribution < -0.4 is 5.32 Å². The van der Waals surface area contributed by atoms with E-state index in [1.54, 1.807) is 24.4 Å². The first kappa shape index (κ1) is 13.3. The Bertz CT molecular complexity index is 563. The van der Waals surface area contributed by atoms with Gasteiger partial charge in [-0.15, -0.1) is 0 Å². The van der Waals surface area contributed by atoms with Crippen LogP contribution in [-0.4, -0.2) is 15.5 Å².